The lowest BCUT2D eigenvalue weighted by Crippen LogP contribution is -2.31. The molecule has 2 N–H and O–H groups in total. The third kappa shape index (κ3) is 4.09. The van der Waals surface area contributed by atoms with Crippen molar-refractivity contribution in [3.05, 3.63) is 67.0 Å². The molecule has 0 radical (unpaired) electrons. The van der Waals surface area contributed by atoms with Crippen molar-refractivity contribution in [3.8, 4) is 0 Å². The number of aromatic nitrogens is 6. The molecule has 11 nitrogen and oxygen atoms in total. The van der Waals surface area contributed by atoms with E-state index >= 15 is 0 Å². The van der Waals surface area contributed by atoms with Crippen LogP contribution in [-0.4, -0.2) is 35.3 Å². The average Bonchev–Trinajstić information content (AvgIpc) is 3.16. The van der Waals surface area contributed by atoms with Gasteiger partial charge in [-0.05, 0) is 18.9 Å². The van der Waals surface area contributed by atoms with Crippen LogP contribution in [0.15, 0.2) is 38.6 Å². The minimum atomic E-state index is -0.741. The first-order valence-electron chi connectivity index (χ1n) is 10.8. The van der Waals surface area contributed by atoms with Crippen molar-refractivity contribution in [1.82, 2.24) is 29.3 Å². The van der Waals surface area contributed by atoms with Crippen LogP contribution in [0.3, 0.4) is 0 Å². The number of ether oxygens (including phenoxy) is 1. The lowest BCUT2D eigenvalue weighted by Gasteiger charge is -2.09. The molecular weight excluding hydrogens is 428 g/mol. The van der Waals surface area contributed by atoms with Crippen molar-refractivity contribution in [3.63, 3.8) is 0 Å². The zero-order chi connectivity index (χ0) is 23.5. The monoisotopic (exact) mass is 452 g/mol. The number of H-pyrrole nitrogens is 2. The van der Waals surface area contributed by atoms with E-state index in [4.69, 9.17) is 4.74 Å². The van der Waals surface area contributed by atoms with Crippen molar-refractivity contribution in [1.29, 1.82) is 0 Å². The molecule has 0 saturated carbocycles. The Kier molecular flexibility index (Phi) is 6.20. The average molecular weight is 452 g/mol. The van der Waals surface area contributed by atoms with Gasteiger partial charge in [-0.3, -0.25) is 19.1 Å². The number of esters is 1. The van der Waals surface area contributed by atoms with Crippen LogP contribution in [0.5, 0.6) is 0 Å². The topological polar surface area (TPSA) is 145 Å². The lowest BCUT2D eigenvalue weighted by atomic mass is 10.1. The van der Waals surface area contributed by atoms with Crippen LogP contribution < -0.4 is 16.8 Å². The number of nitrogens with one attached hydrogen (secondary N) is 2. The van der Waals surface area contributed by atoms with Crippen LogP contribution in [-0.2, 0) is 24.4 Å². The van der Waals surface area contributed by atoms with E-state index < -0.39 is 22.8 Å². The summed E-state index contributed by atoms with van der Waals surface area (Å²) in [5, 5.41) is 6.86. The Balaban J connectivity index is 1.73. The first kappa shape index (κ1) is 22.2. The van der Waals surface area contributed by atoms with E-state index in [2.05, 4.69) is 20.2 Å². The predicted octanol–water partition coefficient (Wildman–Crippen LogP) is 1.69. The second kappa shape index (κ2) is 9.23. The van der Waals surface area contributed by atoms with Gasteiger partial charge in [0.15, 0.2) is 16.9 Å². The van der Waals surface area contributed by atoms with Gasteiger partial charge in [0.25, 0.3) is 11.1 Å². The maximum atomic E-state index is 12.8. The molecule has 0 aliphatic carbocycles. The van der Waals surface area contributed by atoms with E-state index in [-0.39, 0.29) is 23.5 Å². The fourth-order valence-corrected chi connectivity index (χ4v) is 3.78. The van der Waals surface area contributed by atoms with Gasteiger partial charge in [-0.15, -0.1) is 0 Å². The summed E-state index contributed by atoms with van der Waals surface area (Å²) in [6.07, 6.45) is 2.32. The molecular formula is C22H24N6O5. The number of hydrogen-bond acceptors (Lipinski definition) is 7. The van der Waals surface area contributed by atoms with E-state index in [1.807, 2.05) is 13.8 Å². The van der Waals surface area contributed by atoms with Crippen LogP contribution in [0.1, 0.15) is 49.4 Å². The number of rotatable bonds is 8. The molecule has 11 heteroatoms. The molecule has 3 aromatic heterocycles. The SMILES string of the molecule is CCCCn1c(=O)[nH]c(=O)c2c1nc(COC(=O)c1n[nH]c(=O)c3ccccc13)n2CCC. The highest BCUT2D eigenvalue weighted by atomic mass is 16.5. The molecule has 0 amide bonds. The van der Waals surface area contributed by atoms with Gasteiger partial charge in [-0.2, -0.15) is 5.10 Å². The standard InChI is InChI=1S/C22H24N6O5/c1-3-5-11-28-18-17(20(30)24-22(28)32)27(10-4-2)15(23-18)12-33-21(31)16-13-8-6-7-9-14(13)19(29)26-25-16/h6-9H,3-5,10-12H2,1-2H3,(H,26,29)(H,24,30,32). The van der Waals surface area contributed by atoms with Crippen molar-refractivity contribution in [2.24, 2.45) is 0 Å². The van der Waals surface area contributed by atoms with E-state index in [9.17, 15) is 19.2 Å². The number of carbonyl (C=O) groups excluding carboxylic acids is 1. The van der Waals surface area contributed by atoms with Gasteiger partial charge in [0.05, 0.1) is 5.39 Å². The third-order valence-electron chi connectivity index (χ3n) is 5.37. The molecule has 0 atom stereocenters. The second-order valence-electron chi connectivity index (χ2n) is 7.64. The van der Waals surface area contributed by atoms with Crippen molar-refractivity contribution in [2.75, 3.05) is 0 Å². The summed E-state index contributed by atoms with van der Waals surface area (Å²) < 4.78 is 8.57. The van der Waals surface area contributed by atoms with Gasteiger partial charge in [0.2, 0.25) is 0 Å². The Bertz CT molecular complexity index is 1510. The zero-order valence-electron chi connectivity index (χ0n) is 18.4. The fourth-order valence-electron chi connectivity index (χ4n) is 3.78. The molecule has 0 aliphatic heterocycles. The Hall–Kier alpha value is -4.02. The predicted molar refractivity (Wildman–Crippen MR) is 121 cm³/mol. The molecule has 33 heavy (non-hydrogen) atoms. The van der Waals surface area contributed by atoms with Crippen LogP contribution in [0.2, 0.25) is 0 Å². The normalized spacial score (nSPS) is 11.3. The number of imidazole rings is 1. The third-order valence-corrected chi connectivity index (χ3v) is 5.37. The number of hydrogen-bond donors (Lipinski definition) is 2. The minimum Gasteiger partial charge on any atom is -0.453 e. The number of benzene rings is 1. The van der Waals surface area contributed by atoms with Crippen molar-refractivity contribution < 1.29 is 9.53 Å². The van der Waals surface area contributed by atoms with Gasteiger partial charge < -0.3 is 9.30 Å². The number of aryl methyl sites for hydroxylation is 2. The molecule has 0 unspecified atom stereocenters. The quantitative estimate of drug-likeness (QED) is 0.387. The summed E-state index contributed by atoms with van der Waals surface area (Å²) >= 11 is 0. The summed E-state index contributed by atoms with van der Waals surface area (Å²) in [6, 6.07) is 6.60. The van der Waals surface area contributed by atoms with Gasteiger partial charge in [-0.25, -0.2) is 19.7 Å². The first-order chi connectivity index (χ1) is 16.0. The molecule has 0 spiro atoms. The highest BCUT2D eigenvalue weighted by molar-refractivity contribution is 6.01. The van der Waals surface area contributed by atoms with Crippen LogP contribution in [0.25, 0.3) is 21.9 Å². The van der Waals surface area contributed by atoms with Crippen LogP contribution in [0, 0.1) is 0 Å². The Morgan fingerprint density at radius 2 is 1.76 bits per heavy atom. The summed E-state index contributed by atoms with van der Waals surface area (Å²) in [5.41, 5.74) is -0.947. The molecule has 3 heterocycles. The number of unbranched alkanes of at least 4 members (excludes halogenated alkanes) is 1. The Morgan fingerprint density at radius 3 is 2.48 bits per heavy atom. The maximum Gasteiger partial charge on any atom is 0.359 e. The molecule has 0 bridgehead atoms. The van der Waals surface area contributed by atoms with Gasteiger partial charge in [-0.1, -0.05) is 38.5 Å². The van der Waals surface area contributed by atoms with E-state index in [0.717, 1.165) is 12.8 Å². The second-order valence-corrected chi connectivity index (χ2v) is 7.64. The van der Waals surface area contributed by atoms with E-state index in [1.54, 1.807) is 28.8 Å². The van der Waals surface area contributed by atoms with Crippen LogP contribution >= 0.6 is 0 Å². The highest BCUT2D eigenvalue weighted by Crippen LogP contribution is 2.17. The van der Waals surface area contributed by atoms with Crippen LogP contribution in [0.4, 0.5) is 0 Å². The molecule has 4 aromatic rings. The fraction of sp³-hybridized carbons (Fsp3) is 0.364. The lowest BCUT2D eigenvalue weighted by molar-refractivity contribution is 0.0452. The number of nitrogens with zero attached hydrogens (tertiary/aromatic N) is 4. The molecule has 1 aromatic carbocycles. The van der Waals surface area contributed by atoms with E-state index in [1.165, 1.54) is 4.57 Å². The summed E-state index contributed by atoms with van der Waals surface area (Å²) in [6.45, 7) is 4.59. The highest BCUT2D eigenvalue weighted by Gasteiger charge is 2.21. The molecule has 0 aliphatic rings. The van der Waals surface area contributed by atoms with Gasteiger partial charge in [0.1, 0.15) is 12.4 Å². The molecule has 0 fully saturated rings. The van der Waals surface area contributed by atoms with Crippen molar-refractivity contribution in [2.45, 2.75) is 52.8 Å². The minimum absolute atomic E-state index is 0.0268. The summed E-state index contributed by atoms with van der Waals surface area (Å²) in [4.78, 5) is 56.6. The van der Waals surface area contributed by atoms with Gasteiger partial charge >= 0.3 is 11.7 Å². The Labute approximate surface area is 187 Å². The summed E-state index contributed by atoms with van der Waals surface area (Å²) in [7, 11) is 0. The van der Waals surface area contributed by atoms with Crippen molar-refractivity contribution >= 4 is 27.9 Å². The smallest absolute Gasteiger partial charge is 0.359 e. The molecule has 4 rings (SSSR count). The number of carbonyl (C=O) groups is 1. The maximum absolute atomic E-state index is 12.8. The van der Waals surface area contributed by atoms with Gasteiger partial charge in [0, 0.05) is 18.5 Å². The largest absolute Gasteiger partial charge is 0.453 e. The van der Waals surface area contributed by atoms with E-state index in [0.29, 0.717) is 36.1 Å². The zero-order valence-corrected chi connectivity index (χ0v) is 18.4. The summed E-state index contributed by atoms with van der Waals surface area (Å²) in [5.74, 6) is -0.398. The first-order valence-corrected chi connectivity index (χ1v) is 10.8. The number of fused-ring (bicyclic) bond motifs is 2. The Morgan fingerprint density at radius 1 is 1.00 bits per heavy atom. The molecule has 172 valence electrons. The number of aromatic amines is 2. The molecule has 0 saturated heterocycles.